The minimum atomic E-state index is -0.292. The van der Waals surface area contributed by atoms with Crippen LogP contribution < -0.4 is 0 Å². The average Bonchev–Trinajstić information content (AvgIpc) is 1.89. The molecule has 0 amide bonds. The average molecular weight is 128 g/mol. The van der Waals surface area contributed by atoms with Gasteiger partial charge in [-0.15, -0.1) is 0 Å². The van der Waals surface area contributed by atoms with Gasteiger partial charge in [0.1, 0.15) is 0 Å². The lowest BCUT2D eigenvalue weighted by molar-refractivity contribution is -0.0117. The quantitative estimate of drug-likeness (QED) is 0.527. The molecule has 0 aliphatic heterocycles. The fourth-order valence-corrected chi connectivity index (χ4v) is 1.03. The summed E-state index contributed by atoms with van der Waals surface area (Å²) in [5.41, 5.74) is 0. The summed E-state index contributed by atoms with van der Waals surface area (Å²) in [6, 6.07) is 0. The van der Waals surface area contributed by atoms with Gasteiger partial charge >= 0.3 is 0 Å². The first-order valence-corrected chi connectivity index (χ1v) is 3.20. The standard InChI is InChI=1S/C7H12O2/c1-9-7-5-3-2-4-6(7)8/h2-3,6-8H,4-5H2,1H3. The molecule has 2 nitrogen and oxygen atoms in total. The summed E-state index contributed by atoms with van der Waals surface area (Å²) in [6.45, 7) is 0. The molecular formula is C7H12O2. The Kier molecular flexibility index (Phi) is 2.25. The Bertz CT molecular complexity index is 109. The summed E-state index contributed by atoms with van der Waals surface area (Å²) in [6.07, 6.45) is 5.34. The number of aliphatic hydroxyl groups is 1. The topological polar surface area (TPSA) is 29.5 Å². The lowest BCUT2D eigenvalue weighted by Gasteiger charge is -2.21. The van der Waals surface area contributed by atoms with Crippen LogP contribution in [0.15, 0.2) is 12.2 Å². The van der Waals surface area contributed by atoms with E-state index >= 15 is 0 Å². The number of rotatable bonds is 1. The van der Waals surface area contributed by atoms with Crippen LogP contribution in [0.1, 0.15) is 12.8 Å². The van der Waals surface area contributed by atoms with Crippen LogP contribution in [0.4, 0.5) is 0 Å². The Morgan fingerprint density at radius 3 is 2.56 bits per heavy atom. The van der Waals surface area contributed by atoms with E-state index in [1.165, 1.54) is 0 Å². The van der Waals surface area contributed by atoms with E-state index in [2.05, 4.69) is 0 Å². The highest BCUT2D eigenvalue weighted by Gasteiger charge is 2.18. The molecule has 1 rings (SSSR count). The van der Waals surface area contributed by atoms with Crippen LogP contribution >= 0.6 is 0 Å². The maximum atomic E-state index is 9.19. The summed E-state index contributed by atoms with van der Waals surface area (Å²) in [4.78, 5) is 0. The lowest BCUT2D eigenvalue weighted by Crippen LogP contribution is -2.28. The lowest BCUT2D eigenvalue weighted by atomic mass is 10.0. The van der Waals surface area contributed by atoms with Gasteiger partial charge in [-0.2, -0.15) is 0 Å². The first-order chi connectivity index (χ1) is 4.34. The normalized spacial score (nSPS) is 34.9. The molecule has 1 N–H and O–H groups in total. The Balaban J connectivity index is 2.43. The Labute approximate surface area is 55.1 Å². The molecule has 9 heavy (non-hydrogen) atoms. The van der Waals surface area contributed by atoms with Crippen LogP contribution in [0.5, 0.6) is 0 Å². The zero-order valence-corrected chi connectivity index (χ0v) is 5.58. The molecule has 1 aliphatic rings. The summed E-state index contributed by atoms with van der Waals surface area (Å²) in [5.74, 6) is 0. The van der Waals surface area contributed by atoms with Gasteiger partial charge < -0.3 is 9.84 Å². The van der Waals surface area contributed by atoms with E-state index in [0.717, 1.165) is 12.8 Å². The fourth-order valence-electron chi connectivity index (χ4n) is 1.03. The van der Waals surface area contributed by atoms with E-state index in [-0.39, 0.29) is 12.2 Å². The molecule has 0 radical (unpaired) electrons. The third-order valence-electron chi connectivity index (χ3n) is 1.64. The number of methoxy groups -OCH3 is 1. The molecule has 1 aliphatic carbocycles. The van der Waals surface area contributed by atoms with Crippen LogP contribution in [0.25, 0.3) is 0 Å². The van der Waals surface area contributed by atoms with Gasteiger partial charge in [0.15, 0.2) is 0 Å². The summed E-state index contributed by atoms with van der Waals surface area (Å²) >= 11 is 0. The molecule has 0 fully saturated rings. The molecule has 0 saturated carbocycles. The zero-order valence-electron chi connectivity index (χ0n) is 5.58. The van der Waals surface area contributed by atoms with Crippen molar-refractivity contribution in [1.82, 2.24) is 0 Å². The summed E-state index contributed by atoms with van der Waals surface area (Å²) in [7, 11) is 1.63. The van der Waals surface area contributed by atoms with Crippen molar-refractivity contribution in [3.63, 3.8) is 0 Å². The Morgan fingerprint density at radius 1 is 1.44 bits per heavy atom. The first-order valence-electron chi connectivity index (χ1n) is 3.20. The molecule has 0 aromatic heterocycles. The molecule has 0 saturated heterocycles. The molecule has 0 aromatic rings. The van der Waals surface area contributed by atoms with Gasteiger partial charge in [-0.1, -0.05) is 12.2 Å². The van der Waals surface area contributed by atoms with Crippen molar-refractivity contribution < 1.29 is 9.84 Å². The molecule has 2 atom stereocenters. The highest BCUT2D eigenvalue weighted by atomic mass is 16.5. The van der Waals surface area contributed by atoms with Gasteiger partial charge in [-0.05, 0) is 12.8 Å². The van der Waals surface area contributed by atoms with Gasteiger partial charge in [0, 0.05) is 7.11 Å². The summed E-state index contributed by atoms with van der Waals surface area (Å²) in [5, 5.41) is 9.19. The third kappa shape index (κ3) is 1.53. The van der Waals surface area contributed by atoms with E-state index in [9.17, 15) is 5.11 Å². The molecule has 0 spiro atoms. The SMILES string of the molecule is COC1CC=CCC1O. The molecule has 2 heteroatoms. The van der Waals surface area contributed by atoms with Crippen molar-refractivity contribution in [1.29, 1.82) is 0 Å². The maximum Gasteiger partial charge on any atom is 0.0867 e. The van der Waals surface area contributed by atoms with E-state index in [4.69, 9.17) is 4.74 Å². The number of hydrogen-bond acceptors (Lipinski definition) is 2. The van der Waals surface area contributed by atoms with E-state index < -0.39 is 0 Å². The van der Waals surface area contributed by atoms with Crippen molar-refractivity contribution in [2.45, 2.75) is 25.0 Å². The Morgan fingerprint density at radius 2 is 2.11 bits per heavy atom. The van der Waals surface area contributed by atoms with Crippen molar-refractivity contribution in [2.24, 2.45) is 0 Å². The van der Waals surface area contributed by atoms with Crippen LogP contribution in [0.2, 0.25) is 0 Å². The molecular weight excluding hydrogens is 116 g/mol. The van der Waals surface area contributed by atoms with Crippen LogP contribution in [-0.2, 0) is 4.74 Å². The second-order valence-electron chi connectivity index (χ2n) is 2.28. The van der Waals surface area contributed by atoms with E-state index in [1.54, 1.807) is 7.11 Å². The third-order valence-corrected chi connectivity index (χ3v) is 1.64. The molecule has 0 bridgehead atoms. The van der Waals surface area contributed by atoms with Crippen LogP contribution in [0.3, 0.4) is 0 Å². The van der Waals surface area contributed by atoms with Crippen molar-refractivity contribution in [3.8, 4) is 0 Å². The largest absolute Gasteiger partial charge is 0.390 e. The zero-order chi connectivity index (χ0) is 6.69. The van der Waals surface area contributed by atoms with Crippen molar-refractivity contribution in [2.75, 3.05) is 7.11 Å². The van der Waals surface area contributed by atoms with Gasteiger partial charge in [-0.25, -0.2) is 0 Å². The Hall–Kier alpha value is -0.340. The van der Waals surface area contributed by atoms with Gasteiger partial charge in [-0.3, -0.25) is 0 Å². The molecule has 0 aromatic carbocycles. The van der Waals surface area contributed by atoms with Crippen LogP contribution in [-0.4, -0.2) is 24.4 Å². The molecule has 0 heterocycles. The number of hydrogen-bond donors (Lipinski definition) is 1. The number of aliphatic hydroxyl groups excluding tert-OH is 1. The highest BCUT2D eigenvalue weighted by molar-refractivity contribution is 4.95. The van der Waals surface area contributed by atoms with Gasteiger partial charge in [0.05, 0.1) is 12.2 Å². The number of ether oxygens (including phenoxy) is 1. The van der Waals surface area contributed by atoms with Crippen molar-refractivity contribution in [3.05, 3.63) is 12.2 Å². The molecule has 2 unspecified atom stereocenters. The molecule has 52 valence electrons. The van der Waals surface area contributed by atoms with E-state index in [1.807, 2.05) is 12.2 Å². The maximum absolute atomic E-state index is 9.19. The second-order valence-corrected chi connectivity index (χ2v) is 2.28. The second kappa shape index (κ2) is 2.99. The van der Waals surface area contributed by atoms with Crippen LogP contribution in [0, 0.1) is 0 Å². The van der Waals surface area contributed by atoms with E-state index in [0.29, 0.717) is 0 Å². The van der Waals surface area contributed by atoms with Crippen molar-refractivity contribution >= 4 is 0 Å². The van der Waals surface area contributed by atoms with Gasteiger partial charge in [0.25, 0.3) is 0 Å². The monoisotopic (exact) mass is 128 g/mol. The predicted octanol–water partition coefficient (Wildman–Crippen LogP) is 0.712. The van der Waals surface area contributed by atoms with Gasteiger partial charge in [0.2, 0.25) is 0 Å². The fraction of sp³-hybridized carbons (Fsp3) is 0.714. The minimum Gasteiger partial charge on any atom is -0.390 e. The first kappa shape index (κ1) is 6.78. The smallest absolute Gasteiger partial charge is 0.0867 e. The summed E-state index contributed by atoms with van der Waals surface area (Å²) < 4.78 is 5.00. The highest BCUT2D eigenvalue weighted by Crippen LogP contribution is 2.13. The predicted molar refractivity (Wildman–Crippen MR) is 35.2 cm³/mol. The minimum absolute atomic E-state index is 0.0231.